The van der Waals surface area contributed by atoms with Gasteiger partial charge in [0.15, 0.2) is 0 Å². The van der Waals surface area contributed by atoms with Gasteiger partial charge >= 0.3 is 0 Å². The standard InChI is InChI=1S/C14H12N4O3S/c1-10-16-17-14(21-10)11-7-8-15-13(9-11)18-22(19,20)12-5-3-2-4-6-12/h2-9H,1H3,(H,15,18). The van der Waals surface area contributed by atoms with Crippen LogP contribution in [-0.2, 0) is 10.0 Å². The lowest BCUT2D eigenvalue weighted by Gasteiger charge is -2.07. The molecule has 8 heteroatoms. The van der Waals surface area contributed by atoms with Crippen LogP contribution in [0.5, 0.6) is 0 Å². The van der Waals surface area contributed by atoms with Gasteiger partial charge in [-0.15, -0.1) is 10.2 Å². The molecule has 0 bridgehead atoms. The van der Waals surface area contributed by atoms with Crippen molar-refractivity contribution in [2.45, 2.75) is 11.8 Å². The van der Waals surface area contributed by atoms with Crippen LogP contribution in [0.2, 0.25) is 0 Å². The summed E-state index contributed by atoms with van der Waals surface area (Å²) < 4.78 is 32.2. The van der Waals surface area contributed by atoms with Gasteiger partial charge in [-0.25, -0.2) is 13.4 Å². The Bertz CT molecular complexity index is 891. The van der Waals surface area contributed by atoms with E-state index < -0.39 is 10.0 Å². The number of sulfonamides is 1. The van der Waals surface area contributed by atoms with Crippen molar-refractivity contribution in [2.24, 2.45) is 0 Å². The molecule has 0 amide bonds. The lowest BCUT2D eigenvalue weighted by Crippen LogP contribution is -2.13. The first-order valence-corrected chi connectivity index (χ1v) is 7.87. The monoisotopic (exact) mass is 316 g/mol. The van der Waals surface area contributed by atoms with Gasteiger partial charge in [0, 0.05) is 18.7 Å². The summed E-state index contributed by atoms with van der Waals surface area (Å²) in [5, 5.41) is 7.63. The van der Waals surface area contributed by atoms with E-state index in [0.29, 0.717) is 17.3 Å². The second kappa shape index (κ2) is 5.57. The van der Waals surface area contributed by atoms with Crippen LogP contribution >= 0.6 is 0 Å². The normalized spacial score (nSPS) is 11.3. The molecule has 0 atom stereocenters. The molecule has 3 rings (SSSR count). The minimum Gasteiger partial charge on any atom is -0.421 e. The highest BCUT2D eigenvalue weighted by atomic mass is 32.2. The van der Waals surface area contributed by atoms with Crippen LogP contribution < -0.4 is 4.72 Å². The third kappa shape index (κ3) is 2.96. The Morgan fingerprint density at radius 1 is 1.09 bits per heavy atom. The number of nitrogens with zero attached hydrogens (tertiary/aromatic N) is 3. The molecular weight excluding hydrogens is 304 g/mol. The quantitative estimate of drug-likeness (QED) is 0.792. The fourth-order valence-electron chi connectivity index (χ4n) is 1.83. The molecule has 0 aliphatic carbocycles. The first-order valence-electron chi connectivity index (χ1n) is 6.39. The van der Waals surface area contributed by atoms with Gasteiger partial charge in [-0.05, 0) is 24.3 Å². The van der Waals surface area contributed by atoms with E-state index in [1.807, 2.05) is 0 Å². The minimum absolute atomic E-state index is 0.163. The molecule has 0 aliphatic heterocycles. The van der Waals surface area contributed by atoms with E-state index >= 15 is 0 Å². The van der Waals surface area contributed by atoms with Crippen molar-refractivity contribution in [3.63, 3.8) is 0 Å². The fraction of sp³-hybridized carbons (Fsp3) is 0.0714. The number of nitrogens with one attached hydrogen (secondary N) is 1. The summed E-state index contributed by atoms with van der Waals surface area (Å²) in [5.74, 6) is 0.912. The molecule has 22 heavy (non-hydrogen) atoms. The van der Waals surface area contributed by atoms with Crippen LogP contribution in [0.3, 0.4) is 0 Å². The van der Waals surface area contributed by atoms with Gasteiger partial charge in [-0.2, -0.15) is 0 Å². The van der Waals surface area contributed by atoms with Crippen LogP contribution in [0, 0.1) is 6.92 Å². The number of anilines is 1. The molecule has 0 fully saturated rings. The molecule has 0 saturated carbocycles. The third-order valence-corrected chi connectivity index (χ3v) is 4.20. The number of aryl methyl sites for hydroxylation is 1. The number of pyridine rings is 1. The Labute approximate surface area is 127 Å². The number of benzene rings is 1. The van der Waals surface area contributed by atoms with E-state index in [2.05, 4.69) is 19.9 Å². The predicted octanol–water partition coefficient (Wildman–Crippen LogP) is 2.24. The van der Waals surface area contributed by atoms with Gasteiger partial charge in [0.05, 0.1) is 4.90 Å². The highest BCUT2D eigenvalue weighted by molar-refractivity contribution is 7.92. The number of hydrogen-bond donors (Lipinski definition) is 1. The molecule has 0 unspecified atom stereocenters. The maximum absolute atomic E-state index is 12.3. The topological polar surface area (TPSA) is 98.0 Å². The van der Waals surface area contributed by atoms with Crippen LogP contribution in [0.25, 0.3) is 11.5 Å². The van der Waals surface area contributed by atoms with Crippen molar-refractivity contribution in [3.8, 4) is 11.5 Å². The average Bonchev–Trinajstić information content (AvgIpc) is 2.95. The summed E-state index contributed by atoms with van der Waals surface area (Å²) >= 11 is 0. The number of aromatic nitrogens is 3. The van der Waals surface area contributed by atoms with Crippen molar-refractivity contribution in [1.29, 1.82) is 0 Å². The summed E-state index contributed by atoms with van der Waals surface area (Å²) in [6, 6.07) is 11.3. The maximum atomic E-state index is 12.3. The molecule has 1 aromatic carbocycles. The van der Waals surface area contributed by atoms with E-state index in [9.17, 15) is 8.42 Å². The van der Waals surface area contributed by atoms with Gasteiger partial charge in [-0.3, -0.25) is 4.72 Å². The lowest BCUT2D eigenvalue weighted by atomic mass is 10.2. The highest BCUT2D eigenvalue weighted by Gasteiger charge is 2.15. The van der Waals surface area contributed by atoms with Crippen molar-refractivity contribution >= 4 is 15.8 Å². The first-order chi connectivity index (χ1) is 10.5. The molecule has 3 aromatic rings. The van der Waals surface area contributed by atoms with E-state index in [4.69, 9.17) is 4.42 Å². The van der Waals surface area contributed by atoms with Gasteiger partial charge in [0.1, 0.15) is 5.82 Å². The lowest BCUT2D eigenvalue weighted by molar-refractivity contribution is 0.532. The fourth-order valence-corrected chi connectivity index (χ4v) is 2.85. The van der Waals surface area contributed by atoms with Crippen LogP contribution in [0.15, 0.2) is 58.0 Å². The maximum Gasteiger partial charge on any atom is 0.263 e. The van der Waals surface area contributed by atoms with Crippen LogP contribution in [0.4, 0.5) is 5.82 Å². The molecule has 112 valence electrons. The zero-order chi connectivity index (χ0) is 15.6. The molecule has 7 nitrogen and oxygen atoms in total. The molecule has 2 heterocycles. The number of rotatable bonds is 4. The Morgan fingerprint density at radius 2 is 1.86 bits per heavy atom. The third-order valence-electron chi connectivity index (χ3n) is 2.83. The average molecular weight is 316 g/mol. The largest absolute Gasteiger partial charge is 0.421 e. The second-order valence-electron chi connectivity index (χ2n) is 4.47. The van der Waals surface area contributed by atoms with Crippen LogP contribution in [0.1, 0.15) is 5.89 Å². The van der Waals surface area contributed by atoms with E-state index in [1.54, 1.807) is 31.2 Å². The van der Waals surface area contributed by atoms with E-state index in [1.165, 1.54) is 24.4 Å². The SMILES string of the molecule is Cc1nnc(-c2ccnc(NS(=O)(=O)c3ccccc3)c2)o1. The zero-order valence-corrected chi connectivity index (χ0v) is 12.4. The summed E-state index contributed by atoms with van der Waals surface area (Å²) in [7, 11) is -3.69. The molecule has 2 aromatic heterocycles. The Hall–Kier alpha value is -2.74. The Morgan fingerprint density at radius 3 is 2.55 bits per heavy atom. The predicted molar refractivity (Wildman–Crippen MR) is 79.5 cm³/mol. The Balaban J connectivity index is 1.90. The summed E-state index contributed by atoms with van der Waals surface area (Å²) in [5.41, 5.74) is 0.585. The van der Waals surface area contributed by atoms with Gasteiger partial charge in [0.25, 0.3) is 10.0 Å². The van der Waals surface area contributed by atoms with Crippen molar-refractivity contribution in [1.82, 2.24) is 15.2 Å². The van der Waals surface area contributed by atoms with Gasteiger partial charge < -0.3 is 4.42 Å². The van der Waals surface area contributed by atoms with Gasteiger partial charge in [-0.1, -0.05) is 18.2 Å². The zero-order valence-electron chi connectivity index (χ0n) is 11.6. The van der Waals surface area contributed by atoms with Gasteiger partial charge in [0.2, 0.25) is 11.8 Å². The number of hydrogen-bond acceptors (Lipinski definition) is 6. The molecular formula is C14H12N4O3S. The minimum atomic E-state index is -3.69. The smallest absolute Gasteiger partial charge is 0.263 e. The van der Waals surface area contributed by atoms with Crippen LogP contribution in [-0.4, -0.2) is 23.6 Å². The van der Waals surface area contributed by atoms with Crippen molar-refractivity contribution < 1.29 is 12.8 Å². The second-order valence-corrected chi connectivity index (χ2v) is 6.16. The Kier molecular flexibility index (Phi) is 3.60. The molecule has 0 aliphatic rings. The van der Waals surface area contributed by atoms with E-state index in [-0.39, 0.29) is 10.7 Å². The summed E-state index contributed by atoms with van der Waals surface area (Å²) in [4.78, 5) is 4.17. The van der Waals surface area contributed by atoms with E-state index in [0.717, 1.165) is 0 Å². The summed E-state index contributed by atoms with van der Waals surface area (Å²) in [6.45, 7) is 1.68. The molecule has 1 N–H and O–H groups in total. The molecule has 0 spiro atoms. The first kappa shape index (κ1) is 14.2. The summed E-state index contributed by atoms with van der Waals surface area (Å²) in [6.07, 6.45) is 1.47. The van der Waals surface area contributed by atoms with Crippen molar-refractivity contribution in [3.05, 3.63) is 54.6 Å². The highest BCUT2D eigenvalue weighted by Crippen LogP contribution is 2.21. The molecule has 0 saturated heterocycles. The molecule has 0 radical (unpaired) electrons. The van der Waals surface area contributed by atoms with Crippen molar-refractivity contribution in [2.75, 3.05) is 4.72 Å².